The van der Waals surface area contributed by atoms with Crippen LogP contribution < -0.4 is 10.1 Å². The average molecular weight is 323 g/mol. The van der Waals surface area contributed by atoms with E-state index in [2.05, 4.69) is 21.2 Å². The Morgan fingerprint density at radius 2 is 2.18 bits per heavy atom. The lowest BCUT2D eigenvalue weighted by molar-refractivity contribution is 0.172. The molecular weight excluding hydrogens is 305 g/mol. The van der Waals surface area contributed by atoms with Crippen LogP contribution in [0.3, 0.4) is 0 Å². The van der Waals surface area contributed by atoms with Crippen LogP contribution in [-0.2, 0) is 11.3 Å². The van der Waals surface area contributed by atoms with Crippen molar-refractivity contribution in [3.05, 3.63) is 28.2 Å². The van der Waals surface area contributed by atoms with Crippen molar-refractivity contribution in [1.82, 2.24) is 5.32 Å². The van der Waals surface area contributed by atoms with Gasteiger partial charge in [-0.3, -0.25) is 0 Å². The first-order valence-electron chi connectivity index (χ1n) is 5.32. The molecular formula is C12H17BrClNO2. The predicted octanol–water partition coefficient (Wildman–Crippen LogP) is 2.80. The highest BCUT2D eigenvalue weighted by Crippen LogP contribution is 2.22. The minimum Gasteiger partial charge on any atom is -0.497 e. The minimum atomic E-state index is 0.153. The van der Waals surface area contributed by atoms with E-state index in [1.54, 1.807) is 14.2 Å². The van der Waals surface area contributed by atoms with Crippen LogP contribution in [-0.4, -0.2) is 32.7 Å². The molecule has 0 fully saturated rings. The maximum absolute atomic E-state index is 5.83. The first-order valence-corrected chi connectivity index (χ1v) is 6.64. The Balaban J connectivity index is 2.60. The zero-order chi connectivity index (χ0) is 12.7. The van der Waals surface area contributed by atoms with Crippen LogP contribution in [0.4, 0.5) is 0 Å². The number of benzene rings is 1. The summed E-state index contributed by atoms with van der Waals surface area (Å²) in [6.07, 6.45) is 0. The Labute approximate surface area is 116 Å². The smallest absolute Gasteiger partial charge is 0.119 e. The summed E-state index contributed by atoms with van der Waals surface area (Å²) in [5.74, 6) is 1.37. The van der Waals surface area contributed by atoms with Crippen molar-refractivity contribution in [2.24, 2.45) is 0 Å². The van der Waals surface area contributed by atoms with Gasteiger partial charge in [-0.15, -0.1) is 11.6 Å². The third-order valence-electron chi connectivity index (χ3n) is 2.39. The molecule has 0 amide bonds. The van der Waals surface area contributed by atoms with Crippen molar-refractivity contribution >= 4 is 27.5 Å². The van der Waals surface area contributed by atoms with Gasteiger partial charge in [-0.2, -0.15) is 0 Å². The Hall–Kier alpha value is -0.290. The maximum Gasteiger partial charge on any atom is 0.119 e. The number of ether oxygens (including phenoxy) is 2. The molecule has 1 atom stereocenters. The van der Waals surface area contributed by atoms with E-state index in [4.69, 9.17) is 21.1 Å². The summed E-state index contributed by atoms with van der Waals surface area (Å²) >= 11 is 9.34. The van der Waals surface area contributed by atoms with Crippen molar-refractivity contribution < 1.29 is 9.47 Å². The van der Waals surface area contributed by atoms with Crippen LogP contribution in [0, 0.1) is 0 Å². The van der Waals surface area contributed by atoms with Gasteiger partial charge in [0.1, 0.15) is 5.75 Å². The number of halogens is 2. The molecule has 0 aliphatic heterocycles. The van der Waals surface area contributed by atoms with Gasteiger partial charge in [0.25, 0.3) is 0 Å². The van der Waals surface area contributed by atoms with Crippen molar-refractivity contribution in [1.29, 1.82) is 0 Å². The summed E-state index contributed by atoms with van der Waals surface area (Å²) < 4.78 is 11.3. The highest BCUT2D eigenvalue weighted by Gasteiger charge is 2.08. The fourth-order valence-corrected chi connectivity index (χ4v) is 2.01. The molecule has 0 bridgehead atoms. The molecule has 0 saturated heterocycles. The molecule has 1 rings (SSSR count). The summed E-state index contributed by atoms with van der Waals surface area (Å²) in [5.41, 5.74) is 1.13. The van der Waals surface area contributed by atoms with E-state index in [1.807, 2.05) is 18.2 Å². The third-order valence-corrected chi connectivity index (χ3v) is 3.53. The molecule has 0 heterocycles. The maximum atomic E-state index is 5.83. The number of rotatable bonds is 7. The average Bonchev–Trinajstić information content (AvgIpc) is 2.36. The van der Waals surface area contributed by atoms with E-state index in [0.29, 0.717) is 12.5 Å². The Morgan fingerprint density at radius 3 is 2.76 bits per heavy atom. The molecule has 0 aliphatic carbocycles. The van der Waals surface area contributed by atoms with Crippen molar-refractivity contribution in [2.45, 2.75) is 12.6 Å². The first-order chi connectivity index (χ1) is 8.21. The fraction of sp³-hybridized carbons (Fsp3) is 0.500. The molecule has 5 heteroatoms. The second kappa shape index (κ2) is 7.93. The lowest BCUT2D eigenvalue weighted by Gasteiger charge is -2.16. The van der Waals surface area contributed by atoms with Gasteiger partial charge in [-0.25, -0.2) is 0 Å². The molecule has 1 aromatic carbocycles. The largest absolute Gasteiger partial charge is 0.497 e. The lowest BCUT2D eigenvalue weighted by Crippen LogP contribution is -2.34. The van der Waals surface area contributed by atoms with Crippen LogP contribution in [0.25, 0.3) is 0 Å². The van der Waals surface area contributed by atoms with Gasteiger partial charge < -0.3 is 14.8 Å². The fourth-order valence-electron chi connectivity index (χ4n) is 1.43. The molecule has 3 nitrogen and oxygen atoms in total. The molecule has 1 N–H and O–H groups in total. The molecule has 17 heavy (non-hydrogen) atoms. The first kappa shape index (κ1) is 14.8. The van der Waals surface area contributed by atoms with Gasteiger partial charge in [-0.1, -0.05) is 15.9 Å². The van der Waals surface area contributed by atoms with Crippen LogP contribution in [0.1, 0.15) is 5.56 Å². The highest BCUT2D eigenvalue weighted by atomic mass is 79.9. The number of alkyl halides is 1. The second-order valence-electron chi connectivity index (χ2n) is 3.64. The van der Waals surface area contributed by atoms with Gasteiger partial charge >= 0.3 is 0 Å². The summed E-state index contributed by atoms with van der Waals surface area (Å²) in [6, 6.07) is 6.04. The highest BCUT2D eigenvalue weighted by molar-refractivity contribution is 9.10. The number of methoxy groups -OCH3 is 2. The molecule has 1 unspecified atom stereocenters. The van der Waals surface area contributed by atoms with Gasteiger partial charge in [0, 0.05) is 30.0 Å². The van der Waals surface area contributed by atoms with Gasteiger partial charge in [0.05, 0.1) is 13.7 Å². The van der Waals surface area contributed by atoms with Crippen LogP contribution in [0.2, 0.25) is 0 Å². The Bertz CT molecular complexity index is 349. The normalized spacial score (nSPS) is 12.5. The number of hydrogen-bond donors (Lipinski definition) is 1. The van der Waals surface area contributed by atoms with Crippen molar-refractivity contribution in [2.75, 3.05) is 26.7 Å². The Kier molecular flexibility index (Phi) is 6.89. The number of hydrogen-bond acceptors (Lipinski definition) is 3. The second-order valence-corrected chi connectivity index (χ2v) is 4.81. The van der Waals surface area contributed by atoms with Crippen LogP contribution in [0.15, 0.2) is 22.7 Å². The quantitative estimate of drug-likeness (QED) is 0.783. The molecule has 1 aromatic rings. The van der Waals surface area contributed by atoms with Crippen LogP contribution in [0.5, 0.6) is 5.75 Å². The molecule has 96 valence electrons. The summed E-state index contributed by atoms with van der Waals surface area (Å²) in [7, 11) is 3.33. The molecule has 0 saturated carbocycles. The van der Waals surface area contributed by atoms with E-state index < -0.39 is 0 Å². The van der Waals surface area contributed by atoms with E-state index in [9.17, 15) is 0 Å². The van der Waals surface area contributed by atoms with E-state index in [1.165, 1.54) is 0 Å². The van der Waals surface area contributed by atoms with Gasteiger partial charge in [0.15, 0.2) is 0 Å². The summed E-state index contributed by atoms with van der Waals surface area (Å²) in [4.78, 5) is 0. The van der Waals surface area contributed by atoms with Gasteiger partial charge in [-0.05, 0) is 23.8 Å². The van der Waals surface area contributed by atoms with E-state index in [-0.39, 0.29) is 6.04 Å². The standard InChI is InChI=1S/C12H17BrClNO2/c1-16-8-10(6-14)15-7-9-5-11(17-2)3-4-12(9)13/h3-5,10,15H,6-8H2,1-2H3. The Morgan fingerprint density at radius 1 is 1.41 bits per heavy atom. The van der Waals surface area contributed by atoms with E-state index in [0.717, 1.165) is 22.3 Å². The topological polar surface area (TPSA) is 30.5 Å². The van der Waals surface area contributed by atoms with Crippen molar-refractivity contribution in [3.63, 3.8) is 0 Å². The van der Waals surface area contributed by atoms with Crippen molar-refractivity contribution in [3.8, 4) is 5.75 Å². The third kappa shape index (κ3) is 4.84. The van der Waals surface area contributed by atoms with E-state index >= 15 is 0 Å². The molecule has 0 radical (unpaired) electrons. The zero-order valence-electron chi connectivity index (χ0n) is 10.0. The minimum absolute atomic E-state index is 0.153. The van der Waals surface area contributed by atoms with Gasteiger partial charge in [0.2, 0.25) is 0 Å². The number of nitrogens with one attached hydrogen (secondary N) is 1. The van der Waals surface area contributed by atoms with Crippen LogP contribution >= 0.6 is 27.5 Å². The monoisotopic (exact) mass is 321 g/mol. The zero-order valence-corrected chi connectivity index (χ0v) is 12.3. The lowest BCUT2D eigenvalue weighted by atomic mass is 10.2. The summed E-state index contributed by atoms with van der Waals surface area (Å²) in [5, 5.41) is 3.34. The SMILES string of the molecule is COCC(CCl)NCc1cc(OC)ccc1Br. The molecule has 0 spiro atoms. The summed E-state index contributed by atoms with van der Waals surface area (Å²) in [6.45, 7) is 1.32. The molecule has 0 aromatic heterocycles. The predicted molar refractivity (Wildman–Crippen MR) is 73.9 cm³/mol. The molecule has 0 aliphatic rings.